The number of aromatic hydroxyl groups is 1. The molecular formula is C6H7F3N2O2. The van der Waals surface area contributed by atoms with Crippen molar-refractivity contribution in [2.24, 2.45) is 7.05 Å². The van der Waals surface area contributed by atoms with Gasteiger partial charge in [-0.3, -0.25) is 0 Å². The molecule has 0 aliphatic rings. The van der Waals surface area contributed by atoms with Gasteiger partial charge in [0.25, 0.3) is 0 Å². The first kappa shape index (κ1) is 9.85. The van der Waals surface area contributed by atoms with E-state index in [1.165, 1.54) is 0 Å². The lowest BCUT2D eigenvalue weighted by molar-refractivity contribution is -0.142. The first-order valence-electron chi connectivity index (χ1n) is 3.30. The minimum absolute atomic E-state index is 0.602. The molecule has 4 nitrogen and oxygen atoms in total. The van der Waals surface area contributed by atoms with Crippen molar-refractivity contribution in [1.29, 1.82) is 0 Å². The zero-order valence-corrected chi connectivity index (χ0v) is 6.63. The molecule has 0 bridgehead atoms. The maximum absolute atomic E-state index is 12.1. The Morgan fingerprint density at radius 1 is 1.46 bits per heavy atom. The Morgan fingerprint density at radius 2 is 2.00 bits per heavy atom. The normalized spacial score (nSPS) is 12.1. The lowest BCUT2D eigenvalue weighted by Crippen LogP contribution is -2.09. The van der Waals surface area contributed by atoms with Crippen LogP contribution in [0.5, 0.6) is 5.88 Å². The van der Waals surface area contributed by atoms with Crippen LogP contribution in [-0.4, -0.2) is 20.0 Å². The third kappa shape index (κ3) is 1.59. The van der Waals surface area contributed by atoms with Crippen molar-refractivity contribution in [2.75, 3.05) is 0 Å². The lowest BCUT2D eigenvalue weighted by Gasteiger charge is -2.02. The molecule has 0 radical (unpaired) electrons. The standard InChI is InChI=1S/C6H7F3N2O2/c1-11-5(13)3(2-12)4(10-11)6(7,8)9/h12-13H,2H2,1H3. The summed E-state index contributed by atoms with van der Waals surface area (Å²) in [4.78, 5) is 0. The number of aliphatic hydroxyl groups is 1. The molecule has 0 spiro atoms. The molecule has 0 unspecified atom stereocenters. The van der Waals surface area contributed by atoms with E-state index in [4.69, 9.17) is 10.2 Å². The maximum Gasteiger partial charge on any atom is 0.435 e. The predicted octanol–water partition coefficient (Wildman–Crippen LogP) is 0.637. The fourth-order valence-corrected chi connectivity index (χ4v) is 0.932. The molecule has 0 fully saturated rings. The number of hydrogen-bond donors (Lipinski definition) is 2. The highest BCUT2D eigenvalue weighted by molar-refractivity contribution is 5.31. The number of aromatic nitrogens is 2. The van der Waals surface area contributed by atoms with Gasteiger partial charge in [-0.25, -0.2) is 4.68 Å². The summed E-state index contributed by atoms with van der Waals surface area (Å²) in [5.41, 5.74) is -1.86. The summed E-state index contributed by atoms with van der Waals surface area (Å²) in [5.74, 6) is -0.671. The minimum Gasteiger partial charge on any atom is -0.493 e. The molecule has 1 aromatic rings. The molecule has 1 heterocycles. The number of nitrogens with zero attached hydrogens (tertiary/aromatic N) is 2. The van der Waals surface area contributed by atoms with Crippen LogP contribution >= 0.6 is 0 Å². The van der Waals surface area contributed by atoms with Gasteiger partial charge in [0.1, 0.15) is 0 Å². The molecule has 0 saturated heterocycles. The first-order valence-corrected chi connectivity index (χ1v) is 3.30. The Morgan fingerprint density at radius 3 is 2.31 bits per heavy atom. The average molecular weight is 196 g/mol. The van der Waals surface area contributed by atoms with Crippen LogP contribution in [-0.2, 0) is 19.8 Å². The summed E-state index contributed by atoms with van der Waals surface area (Å²) >= 11 is 0. The smallest absolute Gasteiger partial charge is 0.435 e. The molecule has 0 aromatic carbocycles. The van der Waals surface area contributed by atoms with Gasteiger partial charge in [0, 0.05) is 7.05 Å². The van der Waals surface area contributed by atoms with Crippen molar-refractivity contribution in [1.82, 2.24) is 9.78 Å². The lowest BCUT2D eigenvalue weighted by atomic mass is 10.2. The molecular weight excluding hydrogens is 189 g/mol. The summed E-state index contributed by atoms with van der Waals surface area (Å²) < 4.78 is 37.1. The van der Waals surface area contributed by atoms with Crippen LogP contribution in [0.1, 0.15) is 11.3 Å². The van der Waals surface area contributed by atoms with Crippen LogP contribution in [0.25, 0.3) is 0 Å². The second kappa shape index (κ2) is 2.91. The van der Waals surface area contributed by atoms with E-state index >= 15 is 0 Å². The van der Waals surface area contributed by atoms with E-state index < -0.39 is 29.9 Å². The number of rotatable bonds is 1. The highest BCUT2D eigenvalue weighted by Gasteiger charge is 2.38. The summed E-state index contributed by atoms with van der Waals surface area (Å²) in [6.07, 6.45) is -4.66. The molecule has 74 valence electrons. The second-order valence-electron chi connectivity index (χ2n) is 2.43. The molecule has 13 heavy (non-hydrogen) atoms. The Hall–Kier alpha value is -1.24. The molecule has 0 aliphatic carbocycles. The molecule has 0 aliphatic heterocycles. The van der Waals surface area contributed by atoms with Crippen molar-refractivity contribution in [3.8, 4) is 5.88 Å². The molecule has 0 saturated carbocycles. The topological polar surface area (TPSA) is 58.3 Å². The van der Waals surface area contributed by atoms with Gasteiger partial charge in [0.15, 0.2) is 5.69 Å². The number of aryl methyl sites for hydroxylation is 1. The second-order valence-corrected chi connectivity index (χ2v) is 2.43. The summed E-state index contributed by atoms with van der Waals surface area (Å²) in [5, 5.41) is 20.6. The third-order valence-corrected chi connectivity index (χ3v) is 1.54. The SMILES string of the molecule is Cn1nc(C(F)(F)F)c(CO)c1O. The zero-order valence-electron chi connectivity index (χ0n) is 6.63. The summed E-state index contributed by atoms with van der Waals surface area (Å²) in [6, 6.07) is 0. The molecule has 7 heteroatoms. The van der Waals surface area contributed by atoms with E-state index in [1.54, 1.807) is 0 Å². The van der Waals surface area contributed by atoms with Gasteiger partial charge in [-0.15, -0.1) is 0 Å². The van der Waals surface area contributed by atoms with E-state index in [9.17, 15) is 13.2 Å². The minimum atomic E-state index is -4.66. The van der Waals surface area contributed by atoms with Crippen LogP contribution in [0.15, 0.2) is 0 Å². The van der Waals surface area contributed by atoms with Crippen molar-refractivity contribution >= 4 is 0 Å². The van der Waals surface area contributed by atoms with Crippen LogP contribution in [0.3, 0.4) is 0 Å². The van der Waals surface area contributed by atoms with Crippen molar-refractivity contribution < 1.29 is 23.4 Å². The number of alkyl halides is 3. The molecule has 1 rings (SSSR count). The fourth-order valence-electron chi connectivity index (χ4n) is 0.932. The number of halogens is 3. The molecule has 1 aromatic heterocycles. The Bertz CT molecular complexity index is 318. The first-order chi connectivity index (χ1) is 5.88. The Labute approximate surface area is 71.2 Å². The summed E-state index contributed by atoms with van der Waals surface area (Å²) in [7, 11) is 1.16. The van der Waals surface area contributed by atoms with Crippen LogP contribution in [0, 0.1) is 0 Å². The van der Waals surface area contributed by atoms with Gasteiger partial charge in [-0.2, -0.15) is 18.3 Å². The maximum atomic E-state index is 12.1. The van der Waals surface area contributed by atoms with Crippen molar-refractivity contribution in [3.05, 3.63) is 11.3 Å². The number of aliphatic hydroxyl groups excluding tert-OH is 1. The van der Waals surface area contributed by atoms with Gasteiger partial charge >= 0.3 is 6.18 Å². The average Bonchev–Trinajstić information content (AvgIpc) is 2.28. The van der Waals surface area contributed by atoms with Crippen molar-refractivity contribution in [3.63, 3.8) is 0 Å². The van der Waals surface area contributed by atoms with E-state index in [0.717, 1.165) is 7.05 Å². The van der Waals surface area contributed by atoms with Crippen LogP contribution in [0.2, 0.25) is 0 Å². The third-order valence-electron chi connectivity index (χ3n) is 1.54. The van der Waals surface area contributed by atoms with Crippen molar-refractivity contribution in [2.45, 2.75) is 12.8 Å². The highest BCUT2D eigenvalue weighted by Crippen LogP contribution is 2.34. The van der Waals surface area contributed by atoms with Gasteiger partial charge < -0.3 is 10.2 Å². The van der Waals surface area contributed by atoms with Crippen LogP contribution < -0.4 is 0 Å². The van der Waals surface area contributed by atoms with Gasteiger partial charge in [0.2, 0.25) is 5.88 Å². The van der Waals surface area contributed by atoms with E-state index in [1.807, 2.05) is 0 Å². The van der Waals surface area contributed by atoms with E-state index in [0.29, 0.717) is 4.68 Å². The zero-order chi connectivity index (χ0) is 10.2. The number of hydrogen-bond acceptors (Lipinski definition) is 3. The monoisotopic (exact) mass is 196 g/mol. The largest absolute Gasteiger partial charge is 0.493 e. The van der Waals surface area contributed by atoms with Gasteiger partial charge in [0.05, 0.1) is 12.2 Å². The Kier molecular flexibility index (Phi) is 2.21. The van der Waals surface area contributed by atoms with Crippen LogP contribution in [0.4, 0.5) is 13.2 Å². The summed E-state index contributed by atoms with van der Waals surface area (Å²) in [6.45, 7) is -0.894. The van der Waals surface area contributed by atoms with Gasteiger partial charge in [-0.1, -0.05) is 0 Å². The highest BCUT2D eigenvalue weighted by atomic mass is 19.4. The Balaban J connectivity index is 3.30. The van der Waals surface area contributed by atoms with Gasteiger partial charge in [-0.05, 0) is 0 Å². The van der Waals surface area contributed by atoms with E-state index in [2.05, 4.69) is 5.10 Å². The van der Waals surface area contributed by atoms with E-state index in [-0.39, 0.29) is 0 Å². The molecule has 0 amide bonds. The molecule has 2 N–H and O–H groups in total. The fraction of sp³-hybridized carbons (Fsp3) is 0.500. The quantitative estimate of drug-likeness (QED) is 0.692. The predicted molar refractivity (Wildman–Crippen MR) is 35.8 cm³/mol. The molecule has 0 atom stereocenters.